The molecule has 0 spiro atoms. The van der Waals surface area contributed by atoms with E-state index in [1.54, 1.807) is 0 Å². The smallest absolute Gasteiger partial charge is 0.319 e. The predicted molar refractivity (Wildman–Crippen MR) is 148 cm³/mol. The van der Waals surface area contributed by atoms with Crippen LogP contribution in [0.3, 0.4) is 0 Å². The molecule has 0 bridgehead atoms. The van der Waals surface area contributed by atoms with E-state index in [1.165, 1.54) is 0 Å². The molecule has 4 aliphatic rings. The third kappa shape index (κ3) is 5.65. The van der Waals surface area contributed by atoms with E-state index in [0.717, 1.165) is 38.5 Å². The number of carbonyl (C=O) groups is 3. The van der Waals surface area contributed by atoms with E-state index >= 15 is 0 Å². The zero-order valence-corrected chi connectivity index (χ0v) is 24.5. The van der Waals surface area contributed by atoms with Gasteiger partial charge in [0.1, 0.15) is 18.3 Å². The van der Waals surface area contributed by atoms with E-state index in [-0.39, 0.29) is 79.1 Å². The number of aliphatic hydroxyl groups excluding tert-OH is 1. The second kappa shape index (κ2) is 12.6. The molecular formula is C30H51N3O7. The third-order valence-corrected chi connectivity index (χ3v) is 11.6. The molecule has 10 heteroatoms. The van der Waals surface area contributed by atoms with Gasteiger partial charge in [-0.15, -0.1) is 0 Å². The van der Waals surface area contributed by atoms with Crippen molar-refractivity contribution in [1.82, 2.24) is 0 Å². The first-order chi connectivity index (χ1) is 19.0. The molecule has 0 amide bonds. The maximum absolute atomic E-state index is 12.7. The fourth-order valence-electron chi connectivity index (χ4n) is 9.74. The van der Waals surface area contributed by atoms with Crippen LogP contribution in [0.15, 0.2) is 0 Å². The highest BCUT2D eigenvalue weighted by Crippen LogP contribution is 2.69. The molecule has 0 aromatic heterocycles. The Morgan fingerprint density at radius 3 is 2.17 bits per heavy atom. The normalized spacial score (nSPS) is 41.2. The van der Waals surface area contributed by atoms with E-state index in [2.05, 4.69) is 20.8 Å². The number of fused-ring (bicyclic) bond motifs is 5. The van der Waals surface area contributed by atoms with E-state index < -0.39 is 17.9 Å². The Bertz CT molecular complexity index is 933. The van der Waals surface area contributed by atoms with Crippen molar-refractivity contribution in [3.05, 3.63) is 0 Å². The summed E-state index contributed by atoms with van der Waals surface area (Å²) in [7, 11) is 0. The number of aliphatic hydroxyl groups is 1. The topological polar surface area (TPSA) is 177 Å². The van der Waals surface area contributed by atoms with Crippen LogP contribution in [-0.4, -0.2) is 67.6 Å². The quantitative estimate of drug-likeness (QED) is 0.226. The zero-order valence-electron chi connectivity index (χ0n) is 24.5. The highest BCUT2D eigenvalue weighted by molar-refractivity contribution is 5.72. The molecular weight excluding hydrogens is 514 g/mol. The van der Waals surface area contributed by atoms with Crippen LogP contribution in [0.5, 0.6) is 0 Å². The fraction of sp³-hybridized carbons (Fsp3) is 0.900. The van der Waals surface area contributed by atoms with Gasteiger partial charge < -0.3 is 36.5 Å². The minimum atomic E-state index is -0.404. The number of hydrogen-bond donors (Lipinski definition) is 4. The van der Waals surface area contributed by atoms with Gasteiger partial charge >= 0.3 is 17.9 Å². The van der Waals surface area contributed by atoms with Crippen molar-refractivity contribution in [2.24, 2.45) is 63.5 Å². The maximum Gasteiger partial charge on any atom is 0.319 e. The SMILES string of the molecule is C[C@H](CCCO)C1CCC2C3[C@H](OC(=O)CN)CC4C[C@H](OC(=O)CN)CCC4(C)[C@H]3C[C@H](OC(=O)CN)C21C. The first kappa shape index (κ1) is 31.2. The average molecular weight is 566 g/mol. The molecule has 11 atom stereocenters. The van der Waals surface area contributed by atoms with Gasteiger partial charge in [-0.3, -0.25) is 14.4 Å². The number of hydrogen-bond acceptors (Lipinski definition) is 10. The molecule has 4 saturated carbocycles. The molecule has 0 saturated heterocycles. The third-order valence-electron chi connectivity index (χ3n) is 11.6. The number of nitrogens with two attached hydrogens (primary N) is 3. The second-order valence-corrected chi connectivity index (χ2v) is 13.4. The lowest BCUT2D eigenvalue weighted by atomic mass is 9.43. The number of ether oxygens (including phenoxy) is 3. The number of rotatable bonds is 10. The molecule has 4 aliphatic carbocycles. The summed E-state index contributed by atoms with van der Waals surface area (Å²) in [6, 6.07) is 0. The molecule has 0 aromatic carbocycles. The van der Waals surface area contributed by atoms with Gasteiger partial charge in [0.15, 0.2) is 0 Å². The van der Waals surface area contributed by atoms with Crippen molar-refractivity contribution in [2.45, 2.75) is 96.9 Å². The largest absolute Gasteiger partial charge is 0.461 e. The summed E-state index contributed by atoms with van der Waals surface area (Å²) < 4.78 is 18.0. The van der Waals surface area contributed by atoms with Crippen LogP contribution < -0.4 is 17.2 Å². The van der Waals surface area contributed by atoms with Crippen LogP contribution in [0.1, 0.15) is 78.6 Å². The van der Waals surface area contributed by atoms with E-state index in [0.29, 0.717) is 31.1 Å². The minimum absolute atomic E-state index is 0.0861. The average Bonchev–Trinajstić information content (AvgIpc) is 3.30. The van der Waals surface area contributed by atoms with Crippen molar-refractivity contribution in [3.8, 4) is 0 Å². The van der Waals surface area contributed by atoms with Gasteiger partial charge in [-0.2, -0.15) is 0 Å². The molecule has 0 radical (unpaired) electrons. The Labute approximate surface area is 238 Å². The summed E-state index contributed by atoms with van der Waals surface area (Å²) in [6.45, 7) is 6.52. The molecule has 4 rings (SSSR count). The van der Waals surface area contributed by atoms with E-state index in [9.17, 15) is 19.5 Å². The first-order valence-electron chi connectivity index (χ1n) is 15.3. The molecule has 10 nitrogen and oxygen atoms in total. The summed E-state index contributed by atoms with van der Waals surface area (Å²) in [5.41, 5.74) is 16.6. The maximum atomic E-state index is 12.7. The highest BCUT2D eigenvalue weighted by Gasteiger charge is 2.67. The van der Waals surface area contributed by atoms with Crippen LogP contribution >= 0.6 is 0 Å². The fourth-order valence-corrected chi connectivity index (χ4v) is 9.74. The van der Waals surface area contributed by atoms with Gasteiger partial charge in [-0.05, 0) is 92.8 Å². The molecule has 228 valence electrons. The highest BCUT2D eigenvalue weighted by atomic mass is 16.6. The van der Waals surface area contributed by atoms with Crippen LogP contribution in [0.25, 0.3) is 0 Å². The summed E-state index contributed by atoms with van der Waals surface area (Å²) in [5, 5.41) is 9.50. The van der Waals surface area contributed by atoms with Crippen LogP contribution in [0.2, 0.25) is 0 Å². The Morgan fingerprint density at radius 1 is 0.875 bits per heavy atom. The van der Waals surface area contributed by atoms with Gasteiger partial charge in [0.05, 0.1) is 19.6 Å². The van der Waals surface area contributed by atoms with Crippen LogP contribution in [-0.2, 0) is 28.6 Å². The Kier molecular flexibility index (Phi) is 9.85. The van der Waals surface area contributed by atoms with Gasteiger partial charge in [-0.25, -0.2) is 0 Å². The lowest BCUT2D eigenvalue weighted by molar-refractivity contribution is -0.225. The summed E-state index contributed by atoms with van der Waals surface area (Å²) in [6.07, 6.45) is 6.51. The predicted octanol–water partition coefficient (Wildman–Crippen LogP) is 1.89. The monoisotopic (exact) mass is 565 g/mol. The molecule has 0 aliphatic heterocycles. The Balaban J connectivity index is 1.72. The van der Waals surface area contributed by atoms with Crippen LogP contribution in [0.4, 0.5) is 0 Å². The Morgan fingerprint density at radius 2 is 1.52 bits per heavy atom. The van der Waals surface area contributed by atoms with Crippen molar-refractivity contribution >= 4 is 17.9 Å². The summed E-state index contributed by atoms with van der Waals surface area (Å²) >= 11 is 0. The number of esters is 3. The molecule has 40 heavy (non-hydrogen) atoms. The zero-order chi connectivity index (χ0) is 29.2. The van der Waals surface area contributed by atoms with E-state index in [1.807, 2.05) is 0 Å². The molecule has 0 heterocycles. The van der Waals surface area contributed by atoms with Gasteiger partial charge in [0, 0.05) is 17.9 Å². The molecule has 4 fully saturated rings. The molecule has 0 aromatic rings. The van der Waals surface area contributed by atoms with Crippen molar-refractivity contribution in [3.63, 3.8) is 0 Å². The van der Waals surface area contributed by atoms with E-state index in [4.69, 9.17) is 31.4 Å². The lowest BCUT2D eigenvalue weighted by Crippen LogP contribution is -2.63. The molecule has 7 N–H and O–H groups in total. The summed E-state index contributed by atoms with van der Waals surface area (Å²) in [4.78, 5) is 37.3. The van der Waals surface area contributed by atoms with Gasteiger partial charge in [0.2, 0.25) is 0 Å². The number of carbonyl (C=O) groups excluding carboxylic acids is 3. The van der Waals surface area contributed by atoms with Crippen molar-refractivity contribution in [1.29, 1.82) is 0 Å². The van der Waals surface area contributed by atoms with Gasteiger partial charge in [0.25, 0.3) is 0 Å². The van der Waals surface area contributed by atoms with Crippen molar-refractivity contribution < 1.29 is 33.7 Å². The standard InChI is InChI=1S/C30H51N3O7/c1-17(5-4-10-34)20-6-7-21-28-22(13-24(30(20,21)3)40-27(37)16-33)29(2)9-8-19(38-25(35)14-31)11-18(29)12-23(28)39-26(36)15-32/h17-24,28,34H,4-16,31-33H2,1-3H3/t17-,18?,19-,20?,21?,22+,23-,24+,28?,29?,30?/m1/s1. The lowest BCUT2D eigenvalue weighted by Gasteiger charge is -2.64. The van der Waals surface area contributed by atoms with Gasteiger partial charge in [-0.1, -0.05) is 20.8 Å². The second-order valence-electron chi connectivity index (χ2n) is 13.4. The summed E-state index contributed by atoms with van der Waals surface area (Å²) in [5.74, 6) is 0.111. The minimum Gasteiger partial charge on any atom is -0.461 e. The Hall–Kier alpha value is -1.75. The molecule has 6 unspecified atom stereocenters. The van der Waals surface area contributed by atoms with Crippen molar-refractivity contribution in [2.75, 3.05) is 26.2 Å². The van der Waals surface area contributed by atoms with Crippen LogP contribution in [0, 0.1) is 46.3 Å². The first-order valence-corrected chi connectivity index (χ1v) is 15.3.